The van der Waals surface area contributed by atoms with Crippen molar-refractivity contribution in [2.24, 2.45) is 5.92 Å². The van der Waals surface area contributed by atoms with E-state index in [1.165, 1.54) is 0 Å². The van der Waals surface area contributed by atoms with Crippen LogP contribution in [0.15, 0.2) is 12.2 Å². The van der Waals surface area contributed by atoms with Gasteiger partial charge in [0.15, 0.2) is 0 Å². The van der Waals surface area contributed by atoms with E-state index < -0.39 is 0 Å². The van der Waals surface area contributed by atoms with Gasteiger partial charge in [-0.1, -0.05) is 5.57 Å². The van der Waals surface area contributed by atoms with Crippen LogP contribution in [-0.2, 0) is 14.3 Å². The molecule has 3 heteroatoms. The first kappa shape index (κ1) is 8.97. The van der Waals surface area contributed by atoms with Crippen molar-refractivity contribution in [3.63, 3.8) is 0 Å². The lowest BCUT2D eigenvalue weighted by molar-refractivity contribution is -0.141. The largest absolute Gasteiger partial charge is 0.461 e. The van der Waals surface area contributed by atoms with Crippen LogP contribution < -0.4 is 0 Å². The third-order valence-electron chi connectivity index (χ3n) is 1.89. The molecule has 0 unspecified atom stereocenters. The Labute approximate surface area is 71.4 Å². The van der Waals surface area contributed by atoms with Crippen LogP contribution in [0, 0.1) is 5.92 Å². The molecule has 1 aliphatic heterocycles. The second-order valence-electron chi connectivity index (χ2n) is 3.19. The molecule has 0 N–H and O–H groups in total. The van der Waals surface area contributed by atoms with Crippen molar-refractivity contribution < 1.29 is 14.3 Å². The van der Waals surface area contributed by atoms with Crippen LogP contribution in [0.25, 0.3) is 0 Å². The van der Waals surface area contributed by atoms with Gasteiger partial charge in [0.2, 0.25) is 0 Å². The molecule has 0 aromatic heterocycles. The van der Waals surface area contributed by atoms with Crippen LogP contribution in [-0.4, -0.2) is 18.4 Å². The van der Waals surface area contributed by atoms with Gasteiger partial charge in [-0.3, -0.25) is 4.79 Å². The van der Waals surface area contributed by atoms with Gasteiger partial charge >= 0.3 is 5.97 Å². The molecule has 1 rings (SSSR count). The quantitative estimate of drug-likeness (QED) is 0.360. The molecule has 1 fully saturated rings. The molecular formula is C9H12O3. The van der Waals surface area contributed by atoms with Crippen LogP contribution >= 0.6 is 0 Å². The molecule has 1 saturated heterocycles. The molecule has 2 atom stereocenters. The zero-order chi connectivity index (χ0) is 9.14. The van der Waals surface area contributed by atoms with Crippen molar-refractivity contribution in [1.29, 1.82) is 0 Å². The maximum absolute atomic E-state index is 10.8. The zero-order valence-corrected chi connectivity index (χ0v) is 7.08. The van der Waals surface area contributed by atoms with E-state index in [1.807, 2.05) is 6.92 Å². The summed E-state index contributed by atoms with van der Waals surface area (Å²) in [7, 11) is 0. The molecule has 12 heavy (non-hydrogen) atoms. The standard InChI is InChI=1S/C9H12O3/c1-6(2)3-8-7(5-10)4-9(11)12-8/h5,7-8H,1,3-4H2,2H3/t7-,8-/m0/s1. The summed E-state index contributed by atoms with van der Waals surface area (Å²) in [5.41, 5.74) is 0.932. The van der Waals surface area contributed by atoms with E-state index in [4.69, 9.17) is 4.74 Å². The normalized spacial score (nSPS) is 28.2. The molecule has 0 aliphatic carbocycles. The first-order valence-electron chi connectivity index (χ1n) is 3.92. The lowest BCUT2D eigenvalue weighted by Gasteiger charge is -2.11. The van der Waals surface area contributed by atoms with Gasteiger partial charge in [0.1, 0.15) is 12.4 Å². The number of ether oxygens (including phenoxy) is 1. The van der Waals surface area contributed by atoms with Gasteiger partial charge in [-0.2, -0.15) is 0 Å². The predicted molar refractivity (Wildman–Crippen MR) is 43.5 cm³/mol. The highest BCUT2D eigenvalue weighted by molar-refractivity contribution is 5.77. The molecule has 0 saturated carbocycles. The second kappa shape index (κ2) is 3.52. The van der Waals surface area contributed by atoms with E-state index in [9.17, 15) is 9.59 Å². The van der Waals surface area contributed by atoms with Gasteiger partial charge in [0, 0.05) is 6.42 Å². The Morgan fingerprint density at radius 2 is 2.50 bits per heavy atom. The molecule has 0 radical (unpaired) electrons. The summed E-state index contributed by atoms with van der Waals surface area (Å²) >= 11 is 0. The summed E-state index contributed by atoms with van der Waals surface area (Å²) in [6.07, 6.45) is 1.34. The molecule has 0 aromatic carbocycles. The summed E-state index contributed by atoms with van der Waals surface area (Å²) in [4.78, 5) is 21.3. The summed E-state index contributed by atoms with van der Waals surface area (Å²) < 4.78 is 4.94. The van der Waals surface area contributed by atoms with Crippen LogP contribution in [0.3, 0.4) is 0 Å². The van der Waals surface area contributed by atoms with Crippen LogP contribution in [0.5, 0.6) is 0 Å². The maximum Gasteiger partial charge on any atom is 0.306 e. The van der Waals surface area contributed by atoms with E-state index in [-0.39, 0.29) is 24.4 Å². The van der Waals surface area contributed by atoms with Crippen molar-refractivity contribution in [1.82, 2.24) is 0 Å². The third kappa shape index (κ3) is 1.94. The topological polar surface area (TPSA) is 43.4 Å². The van der Waals surface area contributed by atoms with Crippen molar-refractivity contribution in [3.8, 4) is 0 Å². The molecule has 0 spiro atoms. The molecular weight excluding hydrogens is 156 g/mol. The Bertz CT molecular complexity index is 220. The third-order valence-corrected chi connectivity index (χ3v) is 1.89. The average Bonchev–Trinajstić information content (AvgIpc) is 2.29. The molecule has 66 valence electrons. The number of carbonyl (C=O) groups excluding carboxylic acids is 2. The number of cyclic esters (lactones) is 1. The fraction of sp³-hybridized carbons (Fsp3) is 0.556. The Morgan fingerprint density at radius 3 is 3.00 bits per heavy atom. The number of rotatable bonds is 3. The highest BCUT2D eigenvalue weighted by Gasteiger charge is 2.34. The van der Waals surface area contributed by atoms with Crippen molar-refractivity contribution in [2.45, 2.75) is 25.9 Å². The highest BCUT2D eigenvalue weighted by Crippen LogP contribution is 2.24. The van der Waals surface area contributed by atoms with E-state index in [2.05, 4.69) is 6.58 Å². The van der Waals surface area contributed by atoms with Crippen molar-refractivity contribution in [3.05, 3.63) is 12.2 Å². The lowest BCUT2D eigenvalue weighted by atomic mass is 9.98. The van der Waals surface area contributed by atoms with Crippen LogP contribution in [0.2, 0.25) is 0 Å². The summed E-state index contributed by atoms with van der Waals surface area (Å²) in [6, 6.07) is 0. The molecule has 3 nitrogen and oxygen atoms in total. The Morgan fingerprint density at radius 1 is 1.83 bits per heavy atom. The smallest absolute Gasteiger partial charge is 0.306 e. The number of esters is 1. The maximum atomic E-state index is 10.8. The van der Waals surface area contributed by atoms with Gasteiger partial charge in [0.05, 0.1) is 12.3 Å². The van der Waals surface area contributed by atoms with E-state index >= 15 is 0 Å². The van der Waals surface area contributed by atoms with E-state index in [0.717, 1.165) is 11.9 Å². The Kier molecular flexibility index (Phi) is 2.63. The number of hydrogen-bond acceptors (Lipinski definition) is 3. The molecule has 1 heterocycles. The van der Waals surface area contributed by atoms with Gasteiger partial charge in [-0.15, -0.1) is 6.58 Å². The number of aldehydes is 1. The monoisotopic (exact) mass is 168 g/mol. The van der Waals surface area contributed by atoms with Gasteiger partial charge in [0.25, 0.3) is 0 Å². The molecule has 0 amide bonds. The minimum Gasteiger partial charge on any atom is -0.461 e. The highest BCUT2D eigenvalue weighted by atomic mass is 16.5. The Balaban J connectivity index is 2.57. The van der Waals surface area contributed by atoms with E-state index in [0.29, 0.717) is 6.42 Å². The van der Waals surface area contributed by atoms with Gasteiger partial charge in [-0.25, -0.2) is 0 Å². The zero-order valence-electron chi connectivity index (χ0n) is 7.08. The summed E-state index contributed by atoms with van der Waals surface area (Å²) in [6.45, 7) is 5.56. The molecule has 1 aliphatic rings. The molecule has 0 aromatic rings. The van der Waals surface area contributed by atoms with E-state index in [1.54, 1.807) is 0 Å². The average molecular weight is 168 g/mol. The number of carbonyl (C=O) groups is 2. The minimum absolute atomic E-state index is 0.224. The second-order valence-corrected chi connectivity index (χ2v) is 3.19. The molecule has 0 bridgehead atoms. The van der Waals surface area contributed by atoms with Gasteiger partial charge < -0.3 is 9.53 Å². The minimum atomic E-state index is -0.279. The summed E-state index contributed by atoms with van der Waals surface area (Å²) in [5, 5.41) is 0. The van der Waals surface area contributed by atoms with Crippen molar-refractivity contribution >= 4 is 12.3 Å². The van der Waals surface area contributed by atoms with Gasteiger partial charge in [-0.05, 0) is 6.92 Å². The van der Waals surface area contributed by atoms with Crippen LogP contribution in [0.1, 0.15) is 19.8 Å². The first-order valence-corrected chi connectivity index (χ1v) is 3.92. The lowest BCUT2D eigenvalue weighted by Crippen LogP contribution is -2.17. The predicted octanol–water partition coefficient (Wildman–Crippen LogP) is 1.08. The first-order chi connectivity index (χ1) is 5.63. The fourth-order valence-corrected chi connectivity index (χ4v) is 1.30. The SMILES string of the molecule is C=C(C)C[C@@H]1OC(=O)C[C@H]1C=O. The Hall–Kier alpha value is -1.12. The summed E-state index contributed by atoms with van der Waals surface area (Å²) in [5.74, 6) is -0.549. The fourth-order valence-electron chi connectivity index (χ4n) is 1.30. The van der Waals surface area contributed by atoms with Crippen molar-refractivity contribution in [2.75, 3.05) is 0 Å². The van der Waals surface area contributed by atoms with Crippen LogP contribution in [0.4, 0.5) is 0 Å². The number of hydrogen-bond donors (Lipinski definition) is 0.